The number of rotatable bonds is 7. The van der Waals surface area contributed by atoms with Crippen molar-refractivity contribution in [3.8, 4) is 0 Å². The summed E-state index contributed by atoms with van der Waals surface area (Å²) in [5.74, 6) is -0.886. The zero-order chi connectivity index (χ0) is 32.8. The van der Waals surface area contributed by atoms with Crippen LogP contribution in [0.5, 0.6) is 0 Å². The average Bonchev–Trinajstić information content (AvgIpc) is 3.06. The molecular weight excluding hydrogens is 616 g/mol. The van der Waals surface area contributed by atoms with E-state index in [-0.39, 0.29) is 23.9 Å². The van der Waals surface area contributed by atoms with Gasteiger partial charge in [0.2, 0.25) is 0 Å². The van der Waals surface area contributed by atoms with Crippen LogP contribution in [0, 0.1) is 17.8 Å². The first-order valence-corrected chi connectivity index (χ1v) is 17.1. The largest absolute Gasteiger partial charge is 0.390 e. The third-order valence-corrected chi connectivity index (χ3v) is 10.2. The number of benzene rings is 1. The second-order valence-electron chi connectivity index (χ2n) is 13.7. The molecule has 13 heteroatoms. The van der Waals surface area contributed by atoms with Crippen molar-refractivity contribution < 1.29 is 61.9 Å². The van der Waals surface area contributed by atoms with Crippen LogP contribution in [0.4, 0.5) is 0 Å². The predicted octanol–water partition coefficient (Wildman–Crippen LogP) is 2.70. The lowest BCUT2D eigenvalue weighted by molar-refractivity contribution is -0.406. The molecule has 9 unspecified atom stereocenters. The first kappa shape index (κ1) is 34.2. The highest BCUT2D eigenvalue weighted by Gasteiger charge is 2.56. The Morgan fingerprint density at radius 1 is 0.574 bits per heavy atom. The molecule has 6 heterocycles. The van der Waals surface area contributed by atoms with Gasteiger partial charge in [0.05, 0.1) is 44.7 Å². The Morgan fingerprint density at radius 3 is 1.57 bits per heavy atom. The van der Waals surface area contributed by atoms with Crippen molar-refractivity contribution >= 4 is 0 Å². The van der Waals surface area contributed by atoms with E-state index in [4.69, 9.17) is 56.8 Å². The van der Waals surface area contributed by atoms with Crippen LogP contribution in [0.25, 0.3) is 0 Å². The van der Waals surface area contributed by atoms with E-state index in [2.05, 4.69) is 0 Å². The number of aliphatic hydroxyl groups is 1. The molecule has 13 nitrogen and oxygen atoms in total. The van der Waals surface area contributed by atoms with Crippen molar-refractivity contribution in [2.45, 2.75) is 141 Å². The second kappa shape index (κ2) is 14.5. The Morgan fingerprint density at radius 2 is 1.02 bits per heavy atom. The predicted molar refractivity (Wildman–Crippen MR) is 161 cm³/mol. The molecule has 47 heavy (non-hydrogen) atoms. The third kappa shape index (κ3) is 7.16. The van der Waals surface area contributed by atoms with Crippen molar-refractivity contribution in [2.75, 3.05) is 19.8 Å². The van der Waals surface area contributed by atoms with E-state index in [9.17, 15) is 5.11 Å². The van der Waals surface area contributed by atoms with Gasteiger partial charge in [-0.2, -0.15) is 0 Å². The molecule has 6 saturated heterocycles. The van der Waals surface area contributed by atoms with Crippen LogP contribution in [-0.4, -0.2) is 118 Å². The van der Waals surface area contributed by atoms with Crippen molar-refractivity contribution in [1.82, 2.24) is 0 Å². The smallest absolute Gasteiger partial charge is 0.163 e. The first-order valence-electron chi connectivity index (χ1n) is 17.1. The van der Waals surface area contributed by atoms with E-state index < -0.39 is 86.6 Å². The monoisotopic (exact) mass is 666 g/mol. The highest BCUT2D eigenvalue weighted by atomic mass is 16.8. The fraction of sp³-hybridized carbons (Fsp3) is 0.824. The summed E-state index contributed by atoms with van der Waals surface area (Å²) < 4.78 is 75.1. The zero-order valence-corrected chi connectivity index (χ0v) is 28.0. The second-order valence-corrected chi connectivity index (χ2v) is 13.7. The standard InChI is InChI=1S/C34H50O13/c1-16-26(35)29-23(13-36-19(4)40-29)44-33(16)46-28-18(3)34(45-25-15-38-21(6)42-31(25)28)47-27-17(2)32(39-12-22-10-8-7-9-11-22)43-24-14-37-20(5)41-30(24)27/h7-11,16-21,23-35H,12-15H2,1-6H3/t16?,17?,18?,19?,20?,21?,23?,24?,25?,26-,27-,28-,29-,30-,31-,32-,33+,34+/m1/s1. The van der Waals surface area contributed by atoms with Gasteiger partial charge in [-0.1, -0.05) is 51.1 Å². The van der Waals surface area contributed by atoms with E-state index >= 15 is 0 Å². The average molecular weight is 667 g/mol. The Bertz CT molecular complexity index is 1160. The SMILES string of the molecule is CC1OCC2O[C@@H](O[C@@H]3C(C)[C@H](O[C@@H]4C(C)[C@H](OCc5ccccc5)OC5COC(C)O[C@H]54)OC4COC(C)O[C@H]43)C(C)[C@@H](O)[C@@H]2O1. The zero-order valence-electron chi connectivity index (χ0n) is 28.0. The molecule has 0 bridgehead atoms. The number of hydrogen-bond donors (Lipinski definition) is 1. The summed E-state index contributed by atoms with van der Waals surface area (Å²) in [7, 11) is 0. The molecule has 6 aliphatic heterocycles. The molecule has 6 fully saturated rings. The molecule has 1 aromatic rings. The maximum absolute atomic E-state index is 11.2. The van der Waals surface area contributed by atoms with Crippen LogP contribution in [0.15, 0.2) is 30.3 Å². The summed E-state index contributed by atoms with van der Waals surface area (Å²) in [5.41, 5.74) is 1.05. The molecule has 7 rings (SSSR count). The summed E-state index contributed by atoms with van der Waals surface area (Å²) in [5, 5.41) is 11.2. The van der Waals surface area contributed by atoms with Gasteiger partial charge in [0.25, 0.3) is 0 Å². The van der Waals surface area contributed by atoms with E-state index in [1.54, 1.807) is 0 Å². The van der Waals surface area contributed by atoms with Gasteiger partial charge >= 0.3 is 0 Å². The van der Waals surface area contributed by atoms with Crippen LogP contribution in [0.2, 0.25) is 0 Å². The van der Waals surface area contributed by atoms with Gasteiger partial charge in [0, 0.05) is 17.8 Å². The van der Waals surface area contributed by atoms with E-state index in [1.807, 2.05) is 71.9 Å². The van der Waals surface area contributed by atoms with Gasteiger partial charge in [0.15, 0.2) is 37.7 Å². The Balaban J connectivity index is 1.10. The van der Waals surface area contributed by atoms with Crippen molar-refractivity contribution in [3.05, 3.63) is 35.9 Å². The highest BCUT2D eigenvalue weighted by Crippen LogP contribution is 2.41. The van der Waals surface area contributed by atoms with Crippen LogP contribution < -0.4 is 0 Å². The number of aliphatic hydroxyl groups excluding tert-OH is 1. The maximum atomic E-state index is 11.2. The molecule has 264 valence electrons. The van der Waals surface area contributed by atoms with Crippen molar-refractivity contribution in [1.29, 1.82) is 0 Å². The summed E-state index contributed by atoms with van der Waals surface area (Å²) >= 11 is 0. The summed E-state index contributed by atoms with van der Waals surface area (Å²) in [6.45, 7) is 12.9. The topological polar surface area (TPSA) is 131 Å². The molecule has 0 saturated carbocycles. The summed E-state index contributed by atoms with van der Waals surface area (Å²) in [6, 6.07) is 9.99. The molecule has 0 radical (unpaired) electrons. The molecule has 1 N–H and O–H groups in total. The van der Waals surface area contributed by atoms with Crippen LogP contribution in [-0.2, 0) is 63.4 Å². The van der Waals surface area contributed by atoms with Gasteiger partial charge in [-0.25, -0.2) is 0 Å². The van der Waals surface area contributed by atoms with E-state index in [1.165, 1.54) is 0 Å². The lowest BCUT2D eigenvalue weighted by Crippen LogP contribution is -2.66. The fourth-order valence-corrected chi connectivity index (χ4v) is 7.47. The normalized spacial score (nSPS) is 50.2. The molecule has 1 aromatic carbocycles. The van der Waals surface area contributed by atoms with Crippen molar-refractivity contribution in [3.63, 3.8) is 0 Å². The van der Waals surface area contributed by atoms with Gasteiger partial charge in [-0.15, -0.1) is 0 Å². The Hall–Kier alpha value is -1.30. The minimum absolute atomic E-state index is 0.209. The van der Waals surface area contributed by atoms with Gasteiger partial charge in [0.1, 0.15) is 36.6 Å². The molecule has 0 spiro atoms. The van der Waals surface area contributed by atoms with Crippen LogP contribution >= 0.6 is 0 Å². The quantitative estimate of drug-likeness (QED) is 0.458. The number of ether oxygens (including phenoxy) is 12. The lowest BCUT2D eigenvalue weighted by Gasteiger charge is -2.53. The molecular formula is C34H50O13. The molecule has 6 aliphatic rings. The van der Waals surface area contributed by atoms with Crippen molar-refractivity contribution in [2.24, 2.45) is 17.8 Å². The van der Waals surface area contributed by atoms with Crippen LogP contribution in [0.1, 0.15) is 47.1 Å². The van der Waals surface area contributed by atoms with E-state index in [0.29, 0.717) is 26.4 Å². The number of fused-ring (bicyclic) bond motifs is 3. The first-order chi connectivity index (χ1) is 22.7. The lowest BCUT2D eigenvalue weighted by atomic mass is 9.88. The Kier molecular flexibility index (Phi) is 10.5. The maximum Gasteiger partial charge on any atom is 0.163 e. The molecule has 0 aliphatic carbocycles. The molecule has 0 aromatic heterocycles. The molecule has 0 amide bonds. The fourth-order valence-electron chi connectivity index (χ4n) is 7.47. The minimum Gasteiger partial charge on any atom is -0.390 e. The summed E-state index contributed by atoms with van der Waals surface area (Å²) in [6.07, 6.45) is -7.65. The van der Waals surface area contributed by atoms with Gasteiger partial charge < -0.3 is 61.9 Å². The van der Waals surface area contributed by atoms with Crippen LogP contribution in [0.3, 0.4) is 0 Å². The van der Waals surface area contributed by atoms with Gasteiger partial charge in [-0.05, 0) is 26.3 Å². The van der Waals surface area contributed by atoms with E-state index in [0.717, 1.165) is 5.56 Å². The Labute approximate surface area is 276 Å². The highest BCUT2D eigenvalue weighted by molar-refractivity contribution is 5.13. The summed E-state index contributed by atoms with van der Waals surface area (Å²) in [4.78, 5) is 0. The van der Waals surface area contributed by atoms with Gasteiger partial charge in [-0.3, -0.25) is 0 Å². The number of hydrogen-bond acceptors (Lipinski definition) is 13. The molecule has 18 atom stereocenters. The third-order valence-electron chi connectivity index (χ3n) is 10.2. The minimum atomic E-state index is -0.793.